The molecule has 0 radical (unpaired) electrons. The lowest BCUT2D eigenvalue weighted by Crippen LogP contribution is -2.30. The average Bonchev–Trinajstić information content (AvgIpc) is 2.92. The van der Waals surface area contributed by atoms with Crippen LogP contribution in [0.5, 0.6) is 0 Å². The van der Waals surface area contributed by atoms with Gasteiger partial charge in [-0.1, -0.05) is 20.3 Å². The van der Waals surface area contributed by atoms with E-state index < -0.39 is 6.04 Å². The van der Waals surface area contributed by atoms with Crippen LogP contribution in [0.3, 0.4) is 0 Å². The van der Waals surface area contributed by atoms with Crippen LogP contribution in [0.1, 0.15) is 56.5 Å². The Morgan fingerprint density at radius 2 is 2.33 bits per heavy atom. The molecule has 2 aromatic rings. The van der Waals surface area contributed by atoms with Crippen LogP contribution < -0.4 is 5.56 Å². The summed E-state index contributed by atoms with van der Waals surface area (Å²) in [4.78, 5) is 31.6. The fraction of sp³-hybridized carbons (Fsp3) is 0.611. The fourth-order valence-electron chi connectivity index (χ4n) is 3.17. The summed E-state index contributed by atoms with van der Waals surface area (Å²) in [5, 5.41) is 0.706. The molecule has 3 rings (SSSR count). The Morgan fingerprint density at radius 3 is 3.08 bits per heavy atom. The predicted molar refractivity (Wildman–Crippen MR) is 95.6 cm³/mol. The van der Waals surface area contributed by atoms with Crippen LogP contribution in [0, 0.1) is 5.92 Å². The van der Waals surface area contributed by atoms with E-state index in [1.165, 1.54) is 15.8 Å². The van der Waals surface area contributed by atoms with Gasteiger partial charge in [-0.25, -0.2) is 9.78 Å². The number of nitrogens with zero attached hydrogens (tertiary/aromatic N) is 2. The Labute approximate surface area is 145 Å². The third-order valence-electron chi connectivity index (χ3n) is 4.74. The van der Waals surface area contributed by atoms with Gasteiger partial charge in [0.25, 0.3) is 5.56 Å². The molecule has 2 heterocycles. The first-order chi connectivity index (χ1) is 11.5. The van der Waals surface area contributed by atoms with E-state index in [2.05, 4.69) is 11.9 Å². The third-order valence-corrected chi connectivity index (χ3v) is 5.90. The summed E-state index contributed by atoms with van der Waals surface area (Å²) < 4.78 is 6.67. The highest BCUT2D eigenvalue weighted by molar-refractivity contribution is 7.18. The van der Waals surface area contributed by atoms with Crippen molar-refractivity contribution in [1.82, 2.24) is 9.55 Å². The molecule has 1 aliphatic carbocycles. The number of fused-ring (bicyclic) bond motifs is 3. The standard InChI is InChI=1S/C18H24N2O3S/c1-4-5-8-23-18(22)12(3)20-10-19-16-15(17(20)21)13-7-6-11(2)9-14(13)24-16/h10-12H,4-9H2,1-3H3/t11-,12+/m0/s1. The maximum Gasteiger partial charge on any atom is 0.328 e. The van der Waals surface area contributed by atoms with Crippen molar-refractivity contribution in [1.29, 1.82) is 0 Å². The summed E-state index contributed by atoms with van der Waals surface area (Å²) in [6.45, 7) is 6.38. The zero-order chi connectivity index (χ0) is 17.3. The number of thiophene rings is 1. The number of carbonyl (C=O) groups is 1. The summed E-state index contributed by atoms with van der Waals surface area (Å²) in [7, 11) is 0. The van der Waals surface area contributed by atoms with Crippen molar-refractivity contribution in [3.63, 3.8) is 0 Å². The first kappa shape index (κ1) is 17.1. The molecule has 24 heavy (non-hydrogen) atoms. The molecular weight excluding hydrogens is 324 g/mol. The molecule has 0 aliphatic heterocycles. The van der Waals surface area contributed by atoms with E-state index in [1.807, 2.05) is 6.92 Å². The maximum atomic E-state index is 12.9. The lowest BCUT2D eigenvalue weighted by Gasteiger charge is -2.18. The highest BCUT2D eigenvalue weighted by Crippen LogP contribution is 2.35. The molecule has 0 fully saturated rings. The summed E-state index contributed by atoms with van der Waals surface area (Å²) in [5.41, 5.74) is 1.03. The van der Waals surface area contributed by atoms with E-state index in [9.17, 15) is 9.59 Å². The van der Waals surface area contributed by atoms with Gasteiger partial charge in [0, 0.05) is 4.88 Å². The van der Waals surface area contributed by atoms with Crippen LogP contribution in [0.2, 0.25) is 0 Å². The van der Waals surface area contributed by atoms with Crippen molar-refractivity contribution in [3.05, 3.63) is 27.1 Å². The number of hydrogen-bond donors (Lipinski definition) is 0. The Bertz CT molecular complexity index is 808. The number of esters is 1. The summed E-state index contributed by atoms with van der Waals surface area (Å²) in [6, 6.07) is -0.649. The van der Waals surface area contributed by atoms with E-state index in [0.29, 0.717) is 17.9 Å². The van der Waals surface area contributed by atoms with Crippen LogP contribution >= 0.6 is 11.3 Å². The van der Waals surface area contributed by atoms with Crippen molar-refractivity contribution in [3.8, 4) is 0 Å². The van der Waals surface area contributed by atoms with E-state index in [0.717, 1.165) is 42.5 Å². The SMILES string of the molecule is CCCCOC(=O)[C@@H](C)n1cnc2sc3c(c2c1=O)CC[C@H](C)C3. The second-order valence-electron chi connectivity index (χ2n) is 6.69. The molecular formula is C18H24N2O3S. The lowest BCUT2D eigenvalue weighted by atomic mass is 9.89. The molecule has 0 N–H and O–H groups in total. The molecule has 0 spiro atoms. The zero-order valence-corrected chi connectivity index (χ0v) is 15.3. The van der Waals surface area contributed by atoms with Crippen LogP contribution in [-0.2, 0) is 22.4 Å². The number of unbranched alkanes of at least 4 members (excludes halogenated alkanes) is 1. The molecule has 0 amide bonds. The number of aromatic nitrogens is 2. The quantitative estimate of drug-likeness (QED) is 0.613. The summed E-state index contributed by atoms with van der Waals surface area (Å²) in [5.74, 6) is 0.282. The Morgan fingerprint density at radius 1 is 1.54 bits per heavy atom. The largest absolute Gasteiger partial charge is 0.464 e. The molecule has 6 heteroatoms. The molecule has 0 unspecified atom stereocenters. The van der Waals surface area contributed by atoms with Gasteiger partial charge in [0.1, 0.15) is 10.9 Å². The number of hydrogen-bond acceptors (Lipinski definition) is 5. The molecule has 0 bridgehead atoms. The van der Waals surface area contributed by atoms with Gasteiger partial charge in [-0.2, -0.15) is 0 Å². The van der Waals surface area contributed by atoms with Crippen molar-refractivity contribution in [2.45, 2.75) is 58.9 Å². The van der Waals surface area contributed by atoms with Gasteiger partial charge in [-0.15, -0.1) is 11.3 Å². The van der Waals surface area contributed by atoms with Gasteiger partial charge in [-0.3, -0.25) is 9.36 Å². The molecule has 130 valence electrons. The van der Waals surface area contributed by atoms with Crippen molar-refractivity contribution in [2.24, 2.45) is 5.92 Å². The first-order valence-electron chi connectivity index (χ1n) is 8.71. The van der Waals surface area contributed by atoms with Gasteiger partial charge < -0.3 is 4.74 Å². The highest BCUT2D eigenvalue weighted by Gasteiger charge is 2.25. The molecule has 2 aromatic heterocycles. The van der Waals surface area contributed by atoms with Crippen molar-refractivity contribution < 1.29 is 9.53 Å². The second kappa shape index (κ2) is 7.05. The molecule has 0 saturated carbocycles. The van der Waals surface area contributed by atoms with Gasteiger partial charge in [-0.05, 0) is 44.1 Å². The topological polar surface area (TPSA) is 61.2 Å². The number of ether oxygens (including phenoxy) is 1. The van der Waals surface area contributed by atoms with E-state index in [1.54, 1.807) is 18.3 Å². The Balaban J connectivity index is 1.94. The number of carbonyl (C=O) groups excluding carboxylic acids is 1. The third kappa shape index (κ3) is 3.11. The van der Waals surface area contributed by atoms with Crippen molar-refractivity contribution >= 4 is 27.5 Å². The first-order valence-corrected chi connectivity index (χ1v) is 9.52. The van der Waals surface area contributed by atoms with E-state index >= 15 is 0 Å². The van der Waals surface area contributed by atoms with Gasteiger partial charge in [0.05, 0.1) is 18.3 Å². The van der Waals surface area contributed by atoms with Crippen molar-refractivity contribution in [2.75, 3.05) is 6.61 Å². The van der Waals surface area contributed by atoms with Gasteiger partial charge >= 0.3 is 5.97 Å². The molecule has 5 nitrogen and oxygen atoms in total. The van der Waals surface area contributed by atoms with Gasteiger partial charge in [0.2, 0.25) is 0 Å². The van der Waals surface area contributed by atoms with E-state index in [4.69, 9.17) is 4.74 Å². The van der Waals surface area contributed by atoms with Crippen LogP contribution in [0.4, 0.5) is 0 Å². The smallest absolute Gasteiger partial charge is 0.328 e. The normalized spacial score (nSPS) is 18.4. The second-order valence-corrected chi connectivity index (χ2v) is 7.77. The summed E-state index contributed by atoms with van der Waals surface area (Å²) in [6.07, 6.45) is 6.33. The number of aryl methyl sites for hydroxylation is 1. The highest BCUT2D eigenvalue weighted by atomic mass is 32.1. The Kier molecular flexibility index (Phi) is 5.04. The van der Waals surface area contributed by atoms with Crippen LogP contribution in [0.15, 0.2) is 11.1 Å². The van der Waals surface area contributed by atoms with E-state index in [-0.39, 0.29) is 11.5 Å². The number of rotatable bonds is 5. The monoisotopic (exact) mass is 348 g/mol. The predicted octanol–water partition coefficient (Wildman–Crippen LogP) is 3.49. The maximum absolute atomic E-state index is 12.9. The minimum Gasteiger partial charge on any atom is -0.464 e. The zero-order valence-electron chi connectivity index (χ0n) is 14.5. The van der Waals surface area contributed by atoms with Crippen LogP contribution in [0.25, 0.3) is 10.2 Å². The van der Waals surface area contributed by atoms with Gasteiger partial charge in [0.15, 0.2) is 0 Å². The molecule has 1 aliphatic rings. The minimum atomic E-state index is -0.649. The average molecular weight is 348 g/mol. The van der Waals surface area contributed by atoms with Crippen LogP contribution in [-0.4, -0.2) is 22.1 Å². The Hall–Kier alpha value is -1.69. The molecule has 2 atom stereocenters. The lowest BCUT2D eigenvalue weighted by molar-refractivity contribution is -0.147. The minimum absolute atomic E-state index is 0.119. The molecule has 0 saturated heterocycles. The molecule has 0 aromatic carbocycles. The fourth-order valence-corrected chi connectivity index (χ4v) is 4.51. The summed E-state index contributed by atoms with van der Waals surface area (Å²) >= 11 is 1.62.